The molecule has 0 saturated carbocycles. The average molecular weight is 220 g/mol. The SMILES string of the molecule is COc1cccc(Cl)c1/C(Cl)=N/O. The number of ether oxygens (including phenoxy) is 1. The van der Waals surface area contributed by atoms with Gasteiger partial charge in [-0.05, 0) is 12.1 Å². The van der Waals surface area contributed by atoms with Gasteiger partial charge in [-0.15, -0.1) is 0 Å². The van der Waals surface area contributed by atoms with Crippen LogP contribution in [-0.4, -0.2) is 17.5 Å². The third kappa shape index (κ3) is 2.05. The zero-order valence-electron chi connectivity index (χ0n) is 6.79. The molecule has 0 bridgehead atoms. The van der Waals surface area contributed by atoms with E-state index in [1.807, 2.05) is 0 Å². The Morgan fingerprint density at radius 3 is 2.77 bits per heavy atom. The molecule has 3 nitrogen and oxygen atoms in total. The highest BCUT2D eigenvalue weighted by atomic mass is 35.5. The Morgan fingerprint density at radius 2 is 2.23 bits per heavy atom. The summed E-state index contributed by atoms with van der Waals surface area (Å²) in [5.41, 5.74) is 0.385. The van der Waals surface area contributed by atoms with E-state index in [2.05, 4.69) is 5.16 Å². The minimum atomic E-state index is -0.0950. The van der Waals surface area contributed by atoms with Crippen LogP contribution < -0.4 is 4.74 Å². The molecule has 0 aliphatic heterocycles. The van der Waals surface area contributed by atoms with E-state index in [1.165, 1.54) is 7.11 Å². The van der Waals surface area contributed by atoms with Crippen LogP contribution in [0.1, 0.15) is 5.56 Å². The fourth-order valence-electron chi connectivity index (χ4n) is 0.925. The maximum absolute atomic E-state index is 8.47. The number of hydrogen-bond acceptors (Lipinski definition) is 3. The van der Waals surface area contributed by atoms with E-state index in [0.29, 0.717) is 16.3 Å². The lowest BCUT2D eigenvalue weighted by molar-refractivity contribution is 0.320. The van der Waals surface area contributed by atoms with Crippen LogP contribution in [-0.2, 0) is 0 Å². The molecule has 0 spiro atoms. The molecule has 0 aromatic heterocycles. The first-order valence-corrected chi connectivity index (χ1v) is 4.16. The first-order valence-electron chi connectivity index (χ1n) is 3.41. The van der Waals surface area contributed by atoms with E-state index in [1.54, 1.807) is 18.2 Å². The van der Waals surface area contributed by atoms with Crippen LogP contribution in [0.4, 0.5) is 0 Å². The fourth-order valence-corrected chi connectivity index (χ4v) is 1.42. The Labute approximate surface area is 85.5 Å². The van der Waals surface area contributed by atoms with Crippen molar-refractivity contribution < 1.29 is 9.94 Å². The van der Waals surface area contributed by atoms with Gasteiger partial charge in [-0.1, -0.05) is 34.4 Å². The quantitative estimate of drug-likeness (QED) is 0.473. The van der Waals surface area contributed by atoms with Gasteiger partial charge in [-0.3, -0.25) is 0 Å². The van der Waals surface area contributed by atoms with Crippen LogP contribution in [0, 0.1) is 0 Å². The summed E-state index contributed by atoms with van der Waals surface area (Å²) in [5.74, 6) is 0.468. The third-order valence-corrected chi connectivity index (χ3v) is 2.07. The first-order chi connectivity index (χ1) is 6.20. The summed E-state index contributed by atoms with van der Waals surface area (Å²) in [6.07, 6.45) is 0. The maximum Gasteiger partial charge on any atom is 0.180 e. The summed E-state index contributed by atoms with van der Waals surface area (Å²) in [7, 11) is 1.48. The van der Waals surface area contributed by atoms with Crippen LogP contribution in [0.3, 0.4) is 0 Å². The van der Waals surface area contributed by atoms with Crippen LogP contribution in [0.15, 0.2) is 23.4 Å². The molecule has 13 heavy (non-hydrogen) atoms. The predicted molar refractivity (Wildman–Crippen MR) is 52.2 cm³/mol. The number of benzene rings is 1. The van der Waals surface area contributed by atoms with Crippen molar-refractivity contribution in [1.29, 1.82) is 0 Å². The molecule has 1 aromatic rings. The number of oxime groups is 1. The van der Waals surface area contributed by atoms with Gasteiger partial charge in [0.1, 0.15) is 5.75 Å². The summed E-state index contributed by atoms with van der Waals surface area (Å²) in [5, 5.41) is 11.6. The van der Waals surface area contributed by atoms with Crippen molar-refractivity contribution in [2.75, 3.05) is 7.11 Å². The highest BCUT2D eigenvalue weighted by molar-refractivity contribution is 6.70. The lowest BCUT2D eigenvalue weighted by Gasteiger charge is -2.06. The van der Waals surface area contributed by atoms with E-state index in [9.17, 15) is 0 Å². The molecule has 0 saturated heterocycles. The molecule has 0 fully saturated rings. The molecule has 0 radical (unpaired) electrons. The summed E-state index contributed by atoms with van der Waals surface area (Å²) in [6.45, 7) is 0. The highest BCUT2D eigenvalue weighted by Crippen LogP contribution is 2.27. The van der Waals surface area contributed by atoms with Gasteiger partial charge in [0, 0.05) is 0 Å². The molecule has 0 amide bonds. The van der Waals surface area contributed by atoms with E-state index in [-0.39, 0.29) is 5.17 Å². The van der Waals surface area contributed by atoms with E-state index >= 15 is 0 Å². The molecule has 1 aromatic carbocycles. The summed E-state index contributed by atoms with van der Waals surface area (Å²) in [6, 6.07) is 5.02. The van der Waals surface area contributed by atoms with Gasteiger partial charge in [0.05, 0.1) is 17.7 Å². The molecule has 70 valence electrons. The number of halogens is 2. The van der Waals surface area contributed by atoms with Crippen LogP contribution in [0.2, 0.25) is 5.02 Å². The lowest BCUT2D eigenvalue weighted by Crippen LogP contribution is -1.97. The molecule has 5 heteroatoms. The van der Waals surface area contributed by atoms with Gasteiger partial charge in [0.25, 0.3) is 0 Å². The van der Waals surface area contributed by atoms with Gasteiger partial charge in [-0.2, -0.15) is 0 Å². The predicted octanol–water partition coefficient (Wildman–Crippen LogP) is 2.72. The normalized spacial score (nSPS) is 11.5. The second-order valence-corrected chi connectivity index (χ2v) is 2.97. The Kier molecular flexibility index (Phi) is 3.39. The highest BCUT2D eigenvalue weighted by Gasteiger charge is 2.12. The Hall–Kier alpha value is -0.930. The third-order valence-electron chi connectivity index (χ3n) is 1.49. The van der Waals surface area contributed by atoms with Gasteiger partial charge in [0.2, 0.25) is 0 Å². The van der Waals surface area contributed by atoms with E-state index in [0.717, 1.165) is 0 Å². The molecule has 1 N–H and O–H groups in total. The largest absolute Gasteiger partial charge is 0.496 e. The topological polar surface area (TPSA) is 41.8 Å². The Morgan fingerprint density at radius 1 is 1.54 bits per heavy atom. The smallest absolute Gasteiger partial charge is 0.180 e. The average Bonchev–Trinajstić information content (AvgIpc) is 2.16. The van der Waals surface area contributed by atoms with Crippen LogP contribution in [0.5, 0.6) is 5.75 Å². The number of nitrogens with zero attached hydrogens (tertiary/aromatic N) is 1. The van der Waals surface area contributed by atoms with Crippen molar-refractivity contribution in [2.24, 2.45) is 5.16 Å². The molecule has 0 aliphatic carbocycles. The van der Waals surface area contributed by atoms with Crippen LogP contribution >= 0.6 is 23.2 Å². The zero-order chi connectivity index (χ0) is 9.84. The summed E-state index contributed by atoms with van der Waals surface area (Å²) in [4.78, 5) is 0. The van der Waals surface area contributed by atoms with Gasteiger partial charge < -0.3 is 9.94 Å². The monoisotopic (exact) mass is 219 g/mol. The molecular formula is C8H7Cl2NO2. The summed E-state index contributed by atoms with van der Waals surface area (Å²) >= 11 is 11.4. The van der Waals surface area contributed by atoms with Gasteiger partial charge in [0.15, 0.2) is 5.17 Å². The Balaban J connectivity index is 3.31. The molecule has 0 aliphatic rings. The van der Waals surface area contributed by atoms with Crippen LogP contribution in [0.25, 0.3) is 0 Å². The fraction of sp³-hybridized carbons (Fsp3) is 0.125. The minimum Gasteiger partial charge on any atom is -0.496 e. The van der Waals surface area contributed by atoms with Crippen molar-refractivity contribution in [2.45, 2.75) is 0 Å². The Bertz CT molecular complexity index is 339. The lowest BCUT2D eigenvalue weighted by atomic mass is 10.2. The minimum absolute atomic E-state index is 0.0950. The molecular weight excluding hydrogens is 213 g/mol. The first kappa shape index (κ1) is 10.2. The zero-order valence-corrected chi connectivity index (χ0v) is 8.30. The van der Waals surface area contributed by atoms with Gasteiger partial charge >= 0.3 is 0 Å². The molecule has 0 heterocycles. The molecule has 0 unspecified atom stereocenters. The second kappa shape index (κ2) is 4.35. The van der Waals surface area contributed by atoms with Crippen molar-refractivity contribution in [3.05, 3.63) is 28.8 Å². The van der Waals surface area contributed by atoms with E-state index in [4.69, 9.17) is 33.1 Å². The van der Waals surface area contributed by atoms with Gasteiger partial charge in [-0.25, -0.2) is 0 Å². The van der Waals surface area contributed by atoms with Crippen molar-refractivity contribution in [3.8, 4) is 5.75 Å². The van der Waals surface area contributed by atoms with Crippen molar-refractivity contribution in [1.82, 2.24) is 0 Å². The standard InChI is InChI=1S/C8H7Cl2NO2/c1-13-6-4-2-3-5(9)7(6)8(10)11-12/h2-4,12H,1H3/b11-8-. The maximum atomic E-state index is 8.47. The molecule has 0 atom stereocenters. The number of rotatable bonds is 2. The number of hydrogen-bond donors (Lipinski definition) is 1. The number of methoxy groups -OCH3 is 1. The van der Waals surface area contributed by atoms with Crippen molar-refractivity contribution >= 4 is 28.4 Å². The molecule has 1 rings (SSSR count). The van der Waals surface area contributed by atoms with Crippen molar-refractivity contribution in [3.63, 3.8) is 0 Å². The summed E-state index contributed by atoms with van der Waals surface area (Å²) < 4.78 is 4.99. The second-order valence-electron chi connectivity index (χ2n) is 2.21. The van der Waals surface area contributed by atoms with E-state index < -0.39 is 0 Å².